The van der Waals surface area contributed by atoms with Gasteiger partial charge in [0.25, 0.3) is 0 Å². The number of hydrogen-bond acceptors (Lipinski definition) is 3. The van der Waals surface area contributed by atoms with Crippen LogP contribution in [0.3, 0.4) is 0 Å². The molecule has 2 rings (SSSR count). The van der Waals surface area contributed by atoms with E-state index in [9.17, 15) is 26.7 Å². The first-order valence-electron chi connectivity index (χ1n) is 6.30. The second-order valence-corrected chi connectivity index (χ2v) is 6.44. The third-order valence-corrected chi connectivity index (χ3v) is 4.06. The van der Waals surface area contributed by atoms with E-state index in [2.05, 4.69) is 11.0 Å². The predicted molar refractivity (Wildman–Crippen MR) is 80.2 cm³/mol. The lowest BCUT2D eigenvalue weighted by atomic mass is 9.97. The molecule has 0 atom stereocenters. The summed E-state index contributed by atoms with van der Waals surface area (Å²) in [7, 11) is -5.88. The van der Waals surface area contributed by atoms with Crippen LogP contribution in [0, 0.1) is 0 Å². The fraction of sp³-hybridized carbons (Fsp3) is 0.133. The van der Waals surface area contributed by atoms with E-state index < -0.39 is 21.4 Å². The Morgan fingerprint density at radius 3 is 2.39 bits per heavy atom. The second kappa shape index (κ2) is 5.69. The highest BCUT2D eigenvalue weighted by molar-refractivity contribution is 7.91. The summed E-state index contributed by atoms with van der Waals surface area (Å²) in [4.78, 5) is 0. The van der Waals surface area contributed by atoms with Gasteiger partial charge >= 0.3 is 15.5 Å². The van der Waals surface area contributed by atoms with E-state index in [-0.39, 0.29) is 5.56 Å². The molecule has 0 aliphatic carbocycles. The van der Waals surface area contributed by atoms with Crippen LogP contribution in [0.5, 0.6) is 0 Å². The lowest BCUT2D eigenvalue weighted by molar-refractivity contribution is -0.212. The van der Waals surface area contributed by atoms with E-state index >= 15 is 0 Å². The Morgan fingerprint density at radius 2 is 1.83 bits per heavy atom. The third kappa shape index (κ3) is 3.37. The van der Waals surface area contributed by atoms with Crippen molar-refractivity contribution < 1.29 is 26.7 Å². The van der Waals surface area contributed by atoms with Gasteiger partial charge in [0.2, 0.25) is 0 Å². The minimum Gasteiger partial charge on any atom is -0.858 e. The molecule has 122 valence electrons. The van der Waals surface area contributed by atoms with Gasteiger partial charge in [-0.15, -0.1) is 0 Å². The van der Waals surface area contributed by atoms with Crippen molar-refractivity contribution in [3.05, 3.63) is 54.1 Å². The molecule has 0 bridgehead atoms. The van der Waals surface area contributed by atoms with Gasteiger partial charge in [0, 0.05) is 5.90 Å². The number of sulfonamides is 1. The molecule has 0 N–H and O–H groups in total. The van der Waals surface area contributed by atoms with Crippen LogP contribution in [0.4, 0.5) is 13.2 Å². The number of fused-ring (bicyclic) bond motifs is 1. The summed E-state index contributed by atoms with van der Waals surface area (Å²) in [5, 5.41) is 13.2. The molecule has 0 aromatic heterocycles. The number of halogens is 3. The van der Waals surface area contributed by atoms with Crippen LogP contribution in [-0.2, 0) is 10.0 Å². The number of hydrogen-bond donors (Lipinski definition) is 0. The Morgan fingerprint density at radius 1 is 1.22 bits per heavy atom. The van der Waals surface area contributed by atoms with Crippen molar-refractivity contribution in [2.75, 3.05) is 0 Å². The van der Waals surface area contributed by atoms with E-state index in [1.807, 2.05) is 0 Å². The van der Waals surface area contributed by atoms with Gasteiger partial charge in [-0.05, 0) is 41.0 Å². The monoisotopic (exact) mass is 342 g/mol. The molecular formula is C15H11F3NO3S-. The van der Waals surface area contributed by atoms with Gasteiger partial charge in [-0.2, -0.15) is 26.0 Å². The molecule has 4 nitrogen and oxygen atoms in total. The molecule has 2 aromatic carbocycles. The van der Waals surface area contributed by atoms with Crippen LogP contribution in [0.1, 0.15) is 18.1 Å². The maximum absolute atomic E-state index is 12.3. The highest BCUT2D eigenvalue weighted by Crippen LogP contribution is 2.28. The van der Waals surface area contributed by atoms with E-state index in [1.54, 1.807) is 31.2 Å². The Labute approximate surface area is 130 Å². The average molecular weight is 342 g/mol. The quantitative estimate of drug-likeness (QED) is 0.636. The normalized spacial score (nSPS) is 13.3. The van der Waals surface area contributed by atoms with Crippen molar-refractivity contribution in [3.8, 4) is 0 Å². The molecule has 0 fully saturated rings. The lowest BCUT2D eigenvalue weighted by Crippen LogP contribution is -2.27. The van der Waals surface area contributed by atoms with Gasteiger partial charge < -0.3 is 5.11 Å². The number of rotatable bonds is 3. The highest BCUT2D eigenvalue weighted by Gasteiger charge is 2.45. The average Bonchev–Trinajstić information content (AvgIpc) is 2.44. The van der Waals surface area contributed by atoms with Crippen molar-refractivity contribution in [2.45, 2.75) is 12.4 Å². The third-order valence-electron chi connectivity index (χ3n) is 3.06. The van der Waals surface area contributed by atoms with Crippen molar-refractivity contribution in [3.63, 3.8) is 0 Å². The summed E-state index contributed by atoms with van der Waals surface area (Å²) >= 11 is 0. The molecule has 0 aliphatic heterocycles. The molecule has 2 aromatic rings. The Bertz CT molecular complexity index is 915. The molecule has 0 unspecified atom stereocenters. The van der Waals surface area contributed by atoms with Gasteiger partial charge in [-0.25, -0.2) is 0 Å². The summed E-state index contributed by atoms with van der Waals surface area (Å²) in [6.07, 6.45) is 0. The molecular weight excluding hydrogens is 331 g/mol. The lowest BCUT2D eigenvalue weighted by Gasteiger charge is -2.15. The zero-order valence-corrected chi connectivity index (χ0v) is 12.7. The van der Waals surface area contributed by atoms with E-state index in [0.717, 1.165) is 5.39 Å². The Kier molecular flexibility index (Phi) is 4.21. The first-order chi connectivity index (χ1) is 10.5. The van der Waals surface area contributed by atoms with Crippen molar-refractivity contribution in [2.24, 2.45) is 4.40 Å². The summed E-state index contributed by atoms with van der Waals surface area (Å²) in [6.45, 7) is 5.42. The smallest absolute Gasteiger partial charge is 0.518 e. The summed E-state index contributed by atoms with van der Waals surface area (Å²) < 4.78 is 61.3. The van der Waals surface area contributed by atoms with Crippen molar-refractivity contribution in [1.82, 2.24) is 0 Å². The molecule has 0 amide bonds. The second-order valence-electron chi connectivity index (χ2n) is 4.84. The molecule has 0 saturated carbocycles. The number of alkyl halides is 3. The Hall–Kier alpha value is -2.35. The Balaban J connectivity index is 2.67. The number of nitrogens with zero attached hydrogens (tertiary/aromatic N) is 1. The predicted octanol–water partition coefficient (Wildman–Crippen LogP) is 2.83. The minimum absolute atomic E-state index is 0.255. The largest absolute Gasteiger partial charge is 0.858 e. The molecule has 0 radical (unpaired) electrons. The van der Waals surface area contributed by atoms with Crippen molar-refractivity contribution in [1.29, 1.82) is 0 Å². The number of benzene rings is 2. The number of allylic oxidation sites excluding steroid dienone is 1. The van der Waals surface area contributed by atoms with Crippen LogP contribution in [-0.4, -0.2) is 19.8 Å². The van der Waals surface area contributed by atoms with Gasteiger partial charge in [0.05, 0.1) is 0 Å². The van der Waals surface area contributed by atoms with Crippen LogP contribution in [0.25, 0.3) is 16.3 Å². The fourth-order valence-corrected chi connectivity index (χ4v) is 2.43. The maximum Gasteiger partial charge on any atom is 0.518 e. The molecule has 0 aliphatic rings. The van der Waals surface area contributed by atoms with Crippen molar-refractivity contribution >= 4 is 32.3 Å². The molecule has 0 heterocycles. The fourth-order valence-electron chi connectivity index (χ4n) is 2.00. The summed E-state index contributed by atoms with van der Waals surface area (Å²) in [5.74, 6) is -1.48. The van der Waals surface area contributed by atoms with Gasteiger partial charge in [-0.1, -0.05) is 36.4 Å². The van der Waals surface area contributed by atoms with Gasteiger partial charge in [-0.3, -0.25) is 0 Å². The molecule has 23 heavy (non-hydrogen) atoms. The summed E-state index contributed by atoms with van der Waals surface area (Å²) in [5.41, 5.74) is -4.76. The molecule has 0 spiro atoms. The zero-order chi connectivity index (χ0) is 17.4. The van der Waals surface area contributed by atoms with Gasteiger partial charge in [0.1, 0.15) is 0 Å². The van der Waals surface area contributed by atoms with E-state index in [0.29, 0.717) is 16.5 Å². The van der Waals surface area contributed by atoms with Crippen LogP contribution in [0.2, 0.25) is 0 Å². The standard InChI is InChI=1S/C15H12F3NO3S/c1-9(2)13-8-11(7-10-5-3-4-6-12(10)13)14(20)19-23(21,22)15(16,17)18/h3-8H,1H2,2H3,(H,19,20)/p-1. The molecule has 8 heteroatoms. The van der Waals surface area contributed by atoms with Crippen LogP contribution < -0.4 is 5.11 Å². The summed E-state index contributed by atoms with van der Waals surface area (Å²) in [6, 6.07) is 9.42. The van der Waals surface area contributed by atoms with E-state index in [4.69, 9.17) is 0 Å². The first kappa shape index (κ1) is 17.0. The van der Waals surface area contributed by atoms with Gasteiger partial charge in [0.15, 0.2) is 0 Å². The maximum atomic E-state index is 12.3. The topological polar surface area (TPSA) is 69.6 Å². The first-order valence-corrected chi connectivity index (χ1v) is 7.74. The van der Waals surface area contributed by atoms with Crippen LogP contribution >= 0.6 is 0 Å². The van der Waals surface area contributed by atoms with Crippen LogP contribution in [0.15, 0.2) is 47.4 Å². The minimum atomic E-state index is -5.88. The zero-order valence-electron chi connectivity index (χ0n) is 11.9. The molecule has 0 saturated heterocycles. The van der Waals surface area contributed by atoms with E-state index in [1.165, 1.54) is 12.1 Å². The highest BCUT2D eigenvalue weighted by atomic mass is 32.2. The SMILES string of the molecule is C=C(C)c1cc(C([O-])=NS(=O)(=O)C(F)(F)F)cc2ccccc12.